The van der Waals surface area contributed by atoms with Crippen molar-refractivity contribution < 1.29 is 66.8 Å². The van der Waals surface area contributed by atoms with E-state index in [-0.39, 0.29) is 143 Å². The molecule has 0 fully saturated rings. The van der Waals surface area contributed by atoms with Crippen molar-refractivity contribution in [1.29, 1.82) is 21.0 Å². The van der Waals surface area contributed by atoms with Gasteiger partial charge in [-0.15, -0.1) is 45.3 Å². The van der Waals surface area contributed by atoms with Gasteiger partial charge in [0, 0.05) is 26.4 Å². The maximum atomic E-state index is 15.8. The average Bonchev–Trinajstić information content (AvgIpc) is 1.41. The van der Waals surface area contributed by atoms with E-state index in [1.54, 1.807) is 121 Å². The normalized spacial score (nSPS) is 14.5. The number of ether oxygens (including phenoxy) is 6. The Balaban J connectivity index is 1.01. The van der Waals surface area contributed by atoms with E-state index >= 15 is 19.2 Å². The number of carbonyl (C=O) groups excluding carboxylic acids is 8. The van der Waals surface area contributed by atoms with Crippen LogP contribution in [0.5, 0.6) is 11.5 Å². The summed E-state index contributed by atoms with van der Waals surface area (Å²) in [5.41, 5.74) is -5.90. The Hall–Kier alpha value is -12.0. The molecule has 0 atom stereocenters. The van der Waals surface area contributed by atoms with Crippen molar-refractivity contribution in [3.63, 3.8) is 0 Å². The van der Waals surface area contributed by atoms with Gasteiger partial charge in [0.15, 0.2) is 23.1 Å². The summed E-state index contributed by atoms with van der Waals surface area (Å²) in [5.74, 6) is -8.34. The summed E-state index contributed by atoms with van der Waals surface area (Å²) in [6.07, 6.45) is 2.57. The van der Waals surface area contributed by atoms with E-state index in [4.69, 9.17) is 28.4 Å². The number of carbonyl (C=O) groups is 8. The predicted molar refractivity (Wildman–Crippen MR) is 341 cm³/mol. The minimum absolute atomic E-state index is 0.0743. The van der Waals surface area contributed by atoms with Gasteiger partial charge < -0.3 is 28.4 Å². The average molecular weight is 1310 g/mol. The molecular formula is C72H36N4O14S4. The number of ketones is 4. The summed E-state index contributed by atoms with van der Waals surface area (Å²) in [7, 11) is 0. The van der Waals surface area contributed by atoms with E-state index in [9.17, 15) is 40.2 Å². The topological polar surface area (TPSA) is 287 Å². The standard InChI is InChI=1S/C72H36N4O14S4/c73-29-41-21-22-46-54(51(41)32-76)60(80)50(57(46)77)26-45-28-53-62(92-45)64-56(72(90-53,69(83)87-35-39-17-9-3-10-18-39)70(84)88-36-40-19-11-4-12-20-40)66-65(94-64)55-63(93-66)61-52(27-44(91-61)25-49-58(78)47-23-42(30-74)43(31-75)24-48(47)59(49)79)89-71(55,67(81)85-33-37-13-5-1-6-14-37)68(82)86-34-38-15-7-2-8-16-38/h1-28H,33-36H2/b50-26+. The number of hydrogen-bond donors (Lipinski definition) is 0. The molecule has 10 aromatic rings. The van der Waals surface area contributed by atoms with Crippen LogP contribution in [0.3, 0.4) is 0 Å². The van der Waals surface area contributed by atoms with Gasteiger partial charge in [0.1, 0.15) is 62.2 Å². The Morgan fingerprint density at radius 1 is 0.404 bits per heavy atom. The van der Waals surface area contributed by atoms with Crippen molar-refractivity contribution in [2.75, 3.05) is 0 Å². The first kappa shape index (κ1) is 59.6. The monoisotopic (exact) mass is 1310 g/mol. The lowest BCUT2D eigenvalue weighted by molar-refractivity contribution is -0.184. The summed E-state index contributed by atoms with van der Waals surface area (Å²) >= 11 is 3.82. The number of fused-ring (bicyclic) bond motifs is 11. The lowest BCUT2D eigenvalue weighted by Crippen LogP contribution is -2.52. The van der Waals surface area contributed by atoms with Crippen LogP contribution >= 0.6 is 45.3 Å². The highest BCUT2D eigenvalue weighted by Gasteiger charge is 2.64. The number of nitriles is 4. The third kappa shape index (κ3) is 9.68. The molecule has 2 aliphatic heterocycles. The molecule has 452 valence electrons. The summed E-state index contributed by atoms with van der Waals surface area (Å²) in [5, 5.41) is 39.5. The zero-order chi connectivity index (χ0) is 65.2. The Labute approximate surface area is 547 Å². The first-order chi connectivity index (χ1) is 45.7. The summed E-state index contributed by atoms with van der Waals surface area (Å²) < 4.78 is 38.5. The van der Waals surface area contributed by atoms with Gasteiger partial charge in [-0.1, -0.05) is 121 Å². The minimum Gasteiger partial charge on any atom is -0.458 e. The molecule has 0 N–H and O–H groups in total. The van der Waals surface area contributed by atoms with Crippen LogP contribution in [0.1, 0.15) is 107 Å². The van der Waals surface area contributed by atoms with Crippen molar-refractivity contribution >= 4 is 114 Å². The summed E-state index contributed by atoms with van der Waals surface area (Å²) in [6, 6.07) is 49.7. The second kappa shape index (κ2) is 23.7. The number of hydrogen-bond acceptors (Lipinski definition) is 22. The molecule has 4 aliphatic rings. The number of allylic oxidation sites excluding steroid dienone is 2. The van der Waals surface area contributed by atoms with Gasteiger partial charge in [0.25, 0.3) is 0 Å². The van der Waals surface area contributed by atoms with E-state index in [2.05, 4.69) is 0 Å². The van der Waals surface area contributed by atoms with Crippen LogP contribution in [0.25, 0.3) is 41.1 Å². The van der Waals surface area contributed by atoms with E-state index in [1.807, 2.05) is 24.3 Å². The zero-order valence-corrected chi connectivity index (χ0v) is 51.4. The SMILES string of the molecule is N#Cc1cc2c(cc1C#N)C(=O)C(=Cc1cc3c(s1)-c1sc4c5c(sc4c1C(C(=O)OCc1ccccc1)(C(=O)OCc1ccccc1)O3)-c1sc(/C=C3\C(=O)c4ccc(C#N)c(C#N)c4C3=O)cc1OC5(C(=O)OCc1ccccc1)C(=O)OCc1ccccc1)C2=O. The van der Waals surface area contributed by atoms with Crippen molar-refractivity contribution in [1.82, 2.24) is 0 Å². The van der Waals surface area contributed by atoms with Crippen LogP contribution in [-0.2, 0) is 75.8 Å². The predicted octanol–water partition coefficient (Wildman–Crippen LogP) is 13.0. The quantitative estimate of drug-likeness (QED) is 0.0321. The van der Waals surface area contributed by atoms with Gasteiger partial charge in [-0.05, 0) is 70.8 Å². The van der Waals surface area contributed by atoms with Crippen LogP contribution in [-0.4, -0.2) is 47.0 Å². The van der Waals surface area contributed by atoms with E-state index < -0.39 is 58.2 Å². The Morgan fingerprint density at radius 2 is 0.755 bits per heavy atom. The van der Waals surface area contributed by atoms with E-state index in [0.29, 0.717) is 22.3 Å². The molecule has 0 bridgehead atoms. The second-order valence-corrected chi connectivity index (χ2v) is 25.7. The Kier molecular flexibility index (Phi) is 15.0. The first-order valence-corrected chi connectivity index (χ1v) is 31.6. The minimum atomic E-state index is -2.91. The van der Waals surface area contributed by atoms with Gasteiger partial charge in [0.05, 0.1) is 79.0 Å². The van der Waals surface area contributed by atoms with Gasteiger partial charge in [-0.25, -0.2) is 19.2 Å². The number of nitrogens with zero attached hydrogens (tertiary/aromatic N) is 4. The third-order valence-electron chi connectivity index (χ3n) is 15.9. The fourth-order valence-electron chi connectivity index (χ4n) is 11.5. The smallest absolute Gasteiger partial charge is 0.367 e. The third-order valence-corrected chi connectivity index (χ3v) is 20.9. The van der Waals surface area contributed by atoms with Gasteiger partial charge in [-0.2, -0.15) is 21.0 Å². The molecule has 6 heterocycles. The molecule has 22 heteroatoms. The molecule has 0 radical (unpaired) electrons. The van der Waals surface area contributed by atoms with Crippen LogP contribution in [0, 0.1) is 45.3 Å². The maximum Gasteiger partial charge on any atom is 0.367 e. The number of benzene rings is 6. The summed E-state index contributed by atoms with van der Waals surface area (Å²) in [4.78, 5) is 121. The molecule has 6 aromatic carbocycles. The highest BCUT2D eigenvalue weighted by Crippen LogP contribution is 2.64. The van der Waals surface area contributed by atoms with Crippen molar-refractivity contribution in [3.8, 4) is 55.3 Å². The first-order valence-electron chi connectivity index (χ1n) is 28.4. The second-order valence-electron chi connectivity index (χ2n) is 21.5. The molecule has 0 amide bonds. The fraction of sp³-hybridized carbons (Fsp3) is 0.0833. The molecule has 4 aromatic heterocycles. The lowest BCUT2D eigenvalue weighted by atomic mass is 9.88. The van der Waals surface area contributed by atoms with Gasteiger partial charge in [-0.3, -0.25) is 19.2 Å². The lowest BCUT2D eigenvalue weighted by Gasteiger charge is -2.33. The highest BCUT2D eigenvalue weighted by atomic mass is 32.1. The Bertz CT molecular complexity index is 5100. The van der Waals surface area contributed by atoms with Gasteiger partial charge >= 0.3 is 35.1 Å². The number of Topliss-reactive ketones (excluding diaryl/α,β-unsaturated/α-hetero) is 4. The van der Waals surface area contributed by atoms with Crippen molar-refractivity contribution in [2.45, 2.75) is 37.6 Å². The molecular weight excluding hydrogens is 1270 g/mol. The molecule has 0 spiro atoms. The van der Waals surface area contributed by atoms with Crippen LogP contribution < -0.4 is 9.47 Å². The number of thiophene rings is 4. The van der Waals surface area contributed by atoms with Gasteiger partial charge in [0.2, 0.25) is 0 Å². The molecule has 0 saturated carbocycles. The van der Waals surface area contributed by atoms with Crippen LogP contribution in [0.15, 0.2) is 169 Å². The molecule has 0 unspecified atom stereocenters. The van der Waals surface area contributed by atoms with E-state index in [1.165, 1.54) is 48.6 Å². The number of esters is 4. The zero-order valence-electron chi connectivity index (χ0n) is 48.1. The van der Waals surface area contributed by atoms with Crippen LogP contribution in [0.4, 0.5) is 0 Å². The van der Waals surface area contributed by atoms with Crippen molar-refractivity contribution in [3.05, 3.63) is 257 Å². The summed E-state index contributed by atoms with van der Waals surface area (Å²) in [6.45, 7) is -1.55. The largest absolute Gasteiger partial charge is 0.458 e. The van der Waals surface area contributed by atoms with Crippen molar-refractivity contribution in [2.24, 2.45) is 0 Å². The molecule has 94 heavy (non-hydrogen) atoms. The number of rotatable bonds is 14. The molecule has 14 rings (SSSR count). The van der Waals surface area contributed by atoms with E-state index in [0.717, 1.165) is 45.3 Å². The van der Waals surface area contributed by atoms with Crippen LogP contribution in [0.2, 0.25) is 0 Å². The fourth-order valence-corrected chi connectivity index (χ4v) is 16.9. The Morgan fingerprint density at radius 3 is 1.11 bits per heavy atom. The maximum absolute atomic E-state index is 15.8. The molecule has 0 saturated heterocycles. The highest BCUT2D eigenvalue weighted by molar-refractivity contribution is 7.34. The molecule has 2 aliphatic carbocycles. The molecule has 18 nitrogen and oxygen atoms in total.